The predicted octanol–water partition coefficient (Wildman–Crippen LogP) is 7.65. The summed E-state index contributed by atoms with van der Waals surface area (Å²) in [7, 11) is 0. The minimum absolute atomic E-state index is 1.14. The maximum atomic E-state index is 2.41. The highest BCUT2D eigenvalue weighted by Crippen LogP contribution is 2.57. The molecule has 1 aliphatic rings. The van der Waals surface area contributed by atoms with Crippen molar-refractivity contribution in [3.8, 4) is 11.1 Å². The first-order chi connectivity index (χ1) is 12.8. The zero-order chi connectivity index (χ0) is 18.4. The third-order valence-electron chi connectivity index (χ3n) is 5.95. The van der Waals surface area contributed by atoms with Crippen LogP contribution in [-0.2, 0) is 0 Å². The summed E-state index contributed by atoms with van der Waals surface area (Å²) < 4.78 is 0. The van der Waals surface area contributed by atoms with Crippen LogP contribution in [0.15, 0.2) is 48.5 Å². The van der Waals surface area contributed by atoms with E-state index in [9.17, 15) is 0 Å². The lowest BCUT2D eigenvalue weighted by Gasteiger charge is -2.31. The maximum Gasteiger partial charge on any atom is -0.00979 e. The fourth-order valence-corrected chi connectivity index (χ4v) is 10.1. The van der Waals surface area contributed by atoms with Gasteiger partial charge in [-0.15, -0.1) is 0 Å². The van der Waals surface area contributed by atoms with Crippen molar-refractivity contribution >= 4 is 12.2 Å². The van der Waals surface area contributed by atoms with Crippen LogP contribution in [0.1, 0.15) is 70.4 Å². The Kier molecular flexibility index (Phi) is 6.82. The fourth-order valence-electron chi connectivity index (χ4n) is 4.56. The molecule has 0 radical (unpaired) electrons. The van der Waals surface area contributed by atoms with Crippen molar-refractivity contribution in [1.82, 2.24) is 0 Å². The number of fused-ring (bicyclic) bond motifs is 3. The van der Waals surface area contributed by atoms with Gasteiger partial charge in [-0.1, -0.05) is 95.5 Å². The summed E-state index contributed by atoms with van der Waals surface area (Å²) >= 11 is 0. The van der Waals surface area contributed by atoms with Gasteiger partial charge in [0.15, 0.2) is 0 Å². The number of hydrogen-bond donors (Lipinski definition) is 0. The van der Waals surface area contributed by atoms with Gasteiger partial charge in [0.05, 0.1) is 0 Å². The smallest absolute Gasteiger partial charge is 0.00979 e. The highest BCUT2D eigenvalue weighted by Gasteiger charge is 2.31. The summed E-state index contributed by atoms with van der Waals surface area (Å²) in [5, 5.41) is 1.78. The monoisotopic (exact) mass is 366 g/mol. The van der Waals surface area contributed by atoms with Gasteiger partial charge in [0.1, 0.15) is 0 Å². The lowest BCUT2D eigenvalue weighted by molar-refractivity contribution is 0.844. The average molecular weight is 367 g/mol. The molecule has 0 nitrogen and oxygen atoms in total. The zero-order valence-electron chi connectivity index (χ0n) is 16.9. The Labute approximate surface area is 161 Å². The lowest BCUT2D eigenvalue weighted by atomic mass is 10.1. The quantitative estimate of drug-likeness (QED) is 0.341. The molecule has 0 heterocycles. The third-order valence-corrected chi connectivity index (χ3v) is 10.9. The van der Waals surface area contributed by atoms with E-state index >= 15 is 0 Å². The van der Waals surface area contributed by atoms with Crippen molar-refractivity contribution in [2.75, 3.05) is 18.5 Å². The topological polar surface area (TPSA) is 0 Å². The molecule has 0 unspecified atom stereocenters. The van der Waals surface area contributed by atoms with Crippen molar-refractivity contribution in [3.05, 3.63) is 59.7 Å². The Hall–Kier alpha value is -1.26. The molecular formula is C25H35P. The van der Waals surface area contributed by atoms with Crippen LogP contribution in [0, 0.1) is 0 Å². The van der Waals surface area contributed by atoms with Crippen molar-refractivity contribution in [1.29, 1.82) is 0 Å². The second-order valence-corrected chi connectivity index (χ2v) is 11.9. The van der Waals surface area contributed by atoms with Crippen LogP contribution < -0.4 is 0 Å². The van der Waals surface area contributed by atoms with Crippen molar-refractivity contribution in [2.45, 2.75) is 59.3 Å². The summed E-state index contributed by atoms with van der Waals surface area (Å²) in [5.74, 6) is 0. The normalized spacial score (nSPS) is 13.0. The molecule has 0 spiro atoms. The molecule has 1 aliphatic carbocycles. The van der Waals surface area contributed by atoms with E-state index in [4.69, 9.17) is 0 Å². The van der Waals surface area contributed by atoms with Gasteiger partial charge in [0.2, 0.25) is 0 Å². The molecule has 0 atom stereocenters. The molecule has 2 aromatic carbocycles. The highest BCUT2D eigenvalue weighted by atomic mass is 31.2. The number of rotatable bonds is 9. The van der Waals surface area contributed by atoms with Crippen LogP contribution in [0.5, 0.6) is 0 Å². The van der Waals surface area contributed by atoms with Crippen molar-refractivity contribution < 1.29 is 0 Å². The minimum atomic E-state index is -1.14. The summed E-state index contributed by atoms with van der Waals surface area (Å²) in [6, 6.07) is 18.4. The second-order valence-electron chi connectivity index (χ2n) is 7.82. The van der Waals surface area contributed by atoms with Gasteiger partial charge in [-0.25, -0.2) is 0 Å². The Balaban J connectivity index is 2.28. The van der Waals surface area contributed by atoms with Gasteiger partial charge in [-0.2, -0.15) is 0 Å². The highest BCUT2D eigenvalue weighted by molar-refractivity contribution is 7.77. The minimum Gasteiger partial charge on any atom is -0.0961 e. The number of benzene rings is 2. The standard InChI is InChI=1S/C25H35P/c1-4-7-18-26(19-8-5-2,20-9-6-3)25-23-16-12-10-14-21(23)22-15-11-13-17-24(22)25/h10-17H,4-9,18-20H2,1-3H3. The van der Waals surface area contributed by atoms with Crippen LogP contribution in [0.4, 0.5) is 0 Å². The molecule has 0 bridgehead atoms. The van der Waals surface area contributed by atoms with Gasteiger partial charge < -0.3 is 0 Å². The molecule has 1 heteroatoms. The van der Waals surface area contributed by atoms with Gasteiger partial charge in [0.25, 0.3) is 0 Å². The molecule has 0 saturated carbocycles. The first-order valence-corrected chi connectivity index (χ1v) is 13.0. The van der Waals surface area contributed by atoms with Crippen LogP contribution in [0.25, 0.3) is 11.1 Å². The molecule has 0 amide bonds. The molecule has 140 valence electrons. The number of unbranched alkanes of at least 4 members (excludes halogenated alkanes) is 3. The van der Waals surface area contributed by atoms with E-state index in [0.717, 1.165) is 0 Å². The Morgan fingerprint density at radius 1 is 0.538 bits per heavy atom. The summed E-state index contributed by atoms with van der Waals surface area (Å²) in [6.07, 6.45) is 12.4. The average Bonchev–Trinajstić information content (AvgIpc) is 3.03. The first-order valence-electron chi connectivity index (χ1n) is 10.7. The molecule has 2 aromatic rings. The summed E-state index contributed by atoms with van der Waals surface area (Å²) in [5.41, 5.74) is 6.08. The molecule has 0 aliphatic heterocycles. The van der Waals surface area contributed by atoms with Crippen molar-refractivity contribution in [2.24, 2.45) is 0 Å². The molecular weight excluding hydrogens is 331 g/mol. The van der Waals surface area contributed by atoms with E-state index in [2.05, 4.69) is 69.3 Å². The van der Waals surface area contributed by atoms with E-state index in [-0.39, 0.29) is 0 Å². The van der Waals surface area contributed by atoms with E-state index in [1.165, 1.54) is 68.1 Å². The van der Waals surface area contributed by atoms with Crippen LogP contribution in [0.2, 0.25) is 0 Å². The largest absolute Gasteiger partial charge is 0.0961 e. The first kappa shape index (κ1) is 19.5. The van der Waals surface area contributed by atoms with Gasteiger partial charge >= 0.3 is 0 Å². The predicted molar refractivity (Wildman–Crippen MR) is 121 cm³/mol. The fraction of sp³-hybridized carbons (Fsp3) is 0.480. The molecule has 3 rings (SSSR count). The molecule has 0 N–H and O–H groups in total. The Morgan fingerprint density at radius 3 is 1.23 bits per heavy atom. The Morgan fingerprint density at radius 2 is 0.885 bits per heavy atom. The molecule has 26 heavy (non-hydrogen) atoms. The lowest BCUT2D eigenvalue weighted by Crippen LogP contribution is -2.12. The van der Waals surface area contributed by atoms with E-state index in [1.807, 2.05) is 0 Å². The van der Waals surface area contributed by atoms with Crippen LogP contribution in [0.3, 0.4) is 0 Å². The SMILES string of the molecule is CCCCP(CCCC)(CCCC)=C1c2ccccc2-c2ccccc21. The zero-order valence-corrected chi connectivity index (χ0v) is 17.8. The summed E-state index contributed by atoms with van der Waals surface area (Å²) in [4.78, 5) is 0. The van der Waals surface area contributed by atoms with Gasteiger partial charge in [0, 0.05) is 0 Å². The van der Waals surface area contributed by atoms with E-state index < -0.39 is 6.89 Å². The van der Waals surface area contributed by atoms with Crippen LogP contribution >= 0.6 is 6.89 Å². The third kappa shape index (κ3) is 3.72. The number of hydrogen-bond acceptors (Lipinski definition) is 0. The van der Waals surface area contributed by atoms with Gasteiger partial charge in [-0.3, -0.25) is 0 Å². The second kappa shape index (κ2) is 9.09. The maximum absolute atomic E-state index is 2.41. The summed E-state index contributed by atoms with van der Waals surface area (Å²) in [6.45, 7) is 5.93. The van der Waals surface area contributed by atoms with Gasteiger partial charge in [-0.05, 0) is 65.3 Å². The molecule has 0 saturated heterocycles. The molecule has 0 fully saturated rings. The van der Waals surface area contributed by atoms with Crippen molar-refractivity contribution in [3.63, 3.8) is 0 Å². The van der Waals surface area contributed by atoms with E-state index in [0.29, 0.717) is 0 Å². The van der Waals surface area contributed by atoms with Crippen LogP contribution in [-0.4, -0.2) is 23.8 Å². The molecule has 0 aromatic heterocycles. The Bertz CT molecular complexity index is 708. The van der Waals surface area contributed by atoms with E-state index in [1.54, 1.807) is 16.4 Å².